The maximum atomic E-state index is 13.0. The summed E-state index contributed by atoms with van der Waals surface area (Å²) in [5.41, 5.74) is 2.72. The van der Waals surface area contributed by atoms with E-state index in [1.807, 2.05) is 36.4 Å². The summed E-state index contributed by atoms with van der Waals surface area (Å²) in [5.74, 6) is 1.45. The Labute approximate surface area is 166 Å². The highest BCUT2D eigenvalue weighted by Crippen LogP contribution is 2.25. The number of rotatable bonds is 7. The number of carbonyl (C=O) groups is 1. The van der Waals surface area contributed by atoms with Gasteiger partial charge in [0.1, 0.15) is 0 Å². The molecule has 28 heavy (non-hydrogen) atoms. The highest BCUT2D eigenvalue weighted by Gasteiger charge is 2.23. The van der Waals surface area contributed by atoms with Crippen LogP contribution in [0.5, 0.6) is 0 Å². The number of amides is 1. The third-order valence-corrected chi connectivity index (χ3v) is 4.98. The molecule has 1 aromatic carbocycles. The van der Waals surface area contributed by atoms with Crippen LogP contribution >= 0.6 is 0 Å². The highest BCUT2D eigenvalue weighted by atomic mass is 16.1. The average molecular weight is 377 g/mol. The lowest BCUT2D eigenvalue weighted by atomic mass is 9.88. The van der Waals surface area contributed by atoms with Crippen LogP contribution in [0.2, 0.25) is 0 Å². The first-order valence-corrected chi connectivity index (χ1v) is 9.81. The van der Waals surface area contributed by atoms with E-state index < -0.39 is 0 Å². The van der Waals surface area contributed by atoms with Gasteiger partial charge in [0.15, 0.2) is 5.82 Å². The van der Waals surface area contributed by atoms with Crippen LogP contribution < -0.4 is 5.32 Å². The summed E-state index contributed by atoms with van der Waals surface area (Å²) in [6, 6.07) is 16.0. The molecule has 0 fully saturated rings. The molecule has 0 spiro atoms. The molecule has 1 amide bonds. The van der Waals surface area contributed by atoms with Gasteiger partial charge in [-0.25, -0.2) is 9.67 Å². The fraction of sp³-hybridized carbons (Fsp3) is 0.348. The maximum Gasteiger partial charge on any atom is 0.254 e. The lowest BCUT2D eigenvalue weighted by Crippen LogP contribution is -2.31. The van der Waals surface area contributed by atoms with Crippen LogP contribution in [0, 0.1) is 5.92 Å². The number of aromatic nitrogens is 3. The fourth-order valence-corrected chi connectivity index (χ4v) is 3.49. The minimum Gasteiger partial charge on any atom is -0.351 e. The van der Waals surface area contributed by atoms with Gasteiger partial charge in [-0.3, -0.25) is 4.79 Å². The van der Waals surface area contributed by atoms with Gasteiger partial charge in [0.2, 0.25) is 0 Å². The Bertz CT molecular complexity index is 901. The monoisotopic (exact) mass is 376 g/mol. The van der Waals surface area contributed by atoms with Crippen molar-refractivity contribution in [2.75, 3.05) is 6.54 Å². The molecule has 1 atom stereocenters. The molecular weight excluding hydrogens is 348 g/mol. The predicted octanol–water partition coefficient (Wildman–Crippen LogP) is 4.56. The average Bonchev–Trinajstić information content (AvgIpc) is 3.15. The molecule has 0 aliphatic rings. The Morgan fingerprint density at radius 1 is 1.04 bits per heavy atom. The Morgan fingerprint density at radius 2 is 1.75 bits per heavy atom. The summed E-state index contributed by atoms with van der Waals surface area (Å²) in [4.78, 5) is 17.4. The van der Waals surface area contributed by atoms with E-state index in [1.165, 1.54) is 5.56 Å². The molecule has 146 valence electrons. The van der Waals surface area contributed by atoms with Crippen LogP contribution in [0.1, 0.15) is 61.1 Å². The second-order valence-electron chi connectivity index (χ2n) is 7.67. The quantitative estimate of drug-likeness (QED) is 0.657. The zero-order valence-electron chi connectivity index (χ0n) is 17.0. The van der Waals surface area contributed by atoms with Gasteiger partial charge >= 0.3 is 0 Å². The lowest BCUT2D eigenvalue weighted by Gasteiger charge is -2.22. The van der Waals surface area contributed by atoms with E-state index in [2.05, 4.69) is 55.2 Å². The molecule has 5 heteroatoms. The first-order chi connectivity index (χ1) is 13.5. The topological polar surface area (TPSA) is 59.8 Å². The van der Waals surface area contributed by atoms with Crippen molar-refractivity contribution in [2.45, 2.75) is 39.5 Å². The van der Waals surface area contributed by atoms with Crippen molar-refractivity contribution < 1.29 is 4.79 Å². The Kier molecular flexibility index (Phi) is 6.24. The lowest BCUT2D eigenvalue weighted by molar-refractivity contribution is 0.0947. The second-order valence-corrected chi connectivity index (χ2v) is 7.67. The molecule has 0 bridgehead atoms. The van der Waals surface area contributed by atoms with Crippen LogP contribution in [0.25, 0.3) is 5.82 Å². The van der Waals surface area contributed by atoms with Crippen molar-refractivity contribution in [1.82, 2.24) is 20.1 Å². The first-order valence-electron chi connectivity index (χ1n) is 9.81. The van der Waals surface area contributed by atoms with Crippen molar-refractivity contribution in [2.24, 2.45) is 5.92 Å². The molecule has 0 saturated carbocycles. The zero-order chi connectivity index (χ0) is 20.1. The molecule has 2 heterocycles. The van der Waals surface area contributed by atoms with Gasteiger partial charge in [-0.1, -0.05) is 64.1 Å². The van der Waals surface area contributed by atoms with Crippen molar-refractivity contribution in [3.8, 4) is 5.82 Å². The SMILES string of the molecule is CC(C)c1c(C(=O)NCC(c2ccccc2)C(C)C)cnn1-c1ccccn1. The van der Waals surface area contributed by atoms with Gasteiger partial charge in [-0.05, 0) is 29.5 Å². The van der Waals surface area contributed by atoms with Crippen LogP contribution in [0.15, 0.2) is 60.9 Å². The summed E-state index contributed by atoms with van der Waals surface area (Å²) >= 11 is 0. The van der Waals surface area contributed by atoms with Crippen molar-refractivity contribution in [3.63, 3.8) is 0 Å². The first kappa shape index (κ1) is 19.8. The van der Waals surface area contributed by atoms with E-state index >= 15 is 0 Å². The van der Waals surface area contributed by atoms with Gasteiger partial charge in [0, 0.05) is 18.7 Å². The second kappa shape index (κ2) is 8.83. The Morgan fingerprint density at radius 3 is 2.36 bits per heavy atom. The molecule has 3 aromatic rings. The van der Waals surface area contributed by atoms with Gasteiger partial charge < -0.3 is 5.32 Å². The summed E-state index contributed by atoms with van der Waals surface area (Å²) in [7, 11) is 0. The van der Waals surface area contributed by atoms with E-state index in [0.29, 0.717) is 18.0 Å². The van der Waals surface area contributed by atoms with Crippen LogP contribution in [-0.4, -0.2) is 27.2 Å². The zero-order valence-corrected chi connectivity index (χ0v) is 17.0. The van der Waals surface area contributed by atoms with Crippen molar-refractivity contribution in [1.29, 1.82) is 0 Å². The number of hydrogen-bond donors (Lipinski definition) is 1. The number of nitrogens with one attached hydrogen (secondary N) is 1. The normalized spacial score (nSPS) is 12.4. The minimum absolute atomic E-state index is 0.0903. The maximum absolute atomic E-state index is 13.0. The largest absolute Gasteiger partial charge is 0.351 e. The molecule has 1 N–H and O–H groups in total. The van der Waals surface area contributed by atoms with Gasteiger partial charge in [-0.2, -0.15) is 5.10 Å². The number of hydrogen-bond acceptors (Lipinski definition) is 3. The number of pyridine rings is 1. The molecule has 5 nitrogen and oxygen atoms in total. The Balaban J connectivity index is 1.82. The summed E-state index contributed by atoms with van der Waals surface area (Å²) in [6.45, 7) is 9.08. The van der Waals surface area contributed by atoms with Crippen LogP contribution in [0.4, 0.5) is 0 Å². The molecule has 0 saturated heterocycles. The molecule has 3 rings (SSSR count). The molecular formula is C23H28N4O. The number of carbonyl (C=O) groups excluding carboxylic acids is 1. The molecule has 0 radical (unpaired) electrons. The number of nitrogens with zero attached hydrogens (tertiary/aromatic N) is 3. The number of benzene rings is 1. The molecule has 0 aliphatic carbocycles. The molecule has 0 aliphatic heterocycles. The van der Waals surface area contributed by atoms with E-state index in [9.17, 15) is 4.79 Å². The fourth-order valence-electron chi connectivity index (χ4n) is 3.49. The third-order valence-electron chi connectivity index (χ3n) is 4.98. The van der Waals surface area contributed by atoms with Gasteiger partial charge in [-0.15, -0.1) is 0 Å². The van der Waals surface area contributed by atoms with Crippen LogP contribution in [0.3, 0.4) is 0 Å². The molecule has 2 aromatic heterocycles. The van der Waals surface area contributed by atoms with Crippen LogP contribution in [-0.2, 0) is 0 Å². The Hall–Kier alpha value is -2.95. The minimum atomic E-state index is -0.0903. The van der Waals surface area contributed by atoms with Gasteiger partial charge in [0.25, 0.3) is 5.91 Å². The van der Waals surface area contributed by atoms with E-state index in [-0.39, 0.29) is 17.7 Å². The smallest absolute Gasteiger partial charge is 0.254 e. The van der Waals surface area contributed by atoms with Crippen molar-refractivity contribution >= 4 is 5.91 Å². The van der Waals surface area contributed by atoms with E-state index in [1.54, 1.807) is 17.1 Å². The standard InChI is InChI=1S/C23H28N4O/c1-16(2)19(18-10-6-5-7-11-18)14-25-23(28)20-15-26-27(22(20)17(3)4)21-12-8-9-13-24-21/h5-13,15-17,19H,14H2,1-4H3,(H,25,28). The van der Waals surface area contributed by atoms with Gasteiger partial charge in [0.05, 0.1) is 17.5 Å². The summed E-state index contributed by atoms with van der Waals surface area (Å²) in [6.07, 6.45) is 3.38. The summed E-state index contributed by atoms with van der Waals surface area (Å²) < 4.78 is 1.76. The van der Waals surface area contributed by atoms with E-state index in [0.717, 1.165) is 11.5 Å². The predicted molar refractivity (Wildman–Crippen MR) is 112 cm³/mol. The van der Waals surface area contributed by atoms with Crippen molar-refractivity contribution in [3.05, 3.63) is 77.7 Å². The van der Waals surface area contributed by atoms with E-state index in [4.69, 9.17) is 0 Å². The summed E-state index contributed by atoms with van der Waals surface area (Å²) in [5, 5.41) is 7.57. The third kappa shape index (κ3) is 4.30. The molecule has 1 unspecified atom stereocenters. The highest BCUT2D eigenvalue weighted by molar-refractivity contribution is 5.95.